The Kier molecular flexibility index (Phi) is 3.91. The molecule has 3 nitrogen and oxygen atoms in total. The van der Waals surface area contributed by atoms with Gasteiger partial charge in [0.1, 0.15) is 5.41 Å². The zero-order chi connectivity index (χ0) is 16.8. The Balaban J connectivity index is 1.79. The summed E-state index contributed by atoms with van der Waals surface area (Å²) in [4.78, 5) is 14.0. The molecular weight excluding hydrogens is 305 g/mol. The second-order valence-electron chi connectivity index (χ2n) is 6.76. The second kappa shape index (κ2) is 5.51. The lowest BCUT2D eigenvalue weighted by Crippen LogP contribution is -2.57. The average Bonchev–Trinajstić information content (AvgIpc) is 3.29. The topological polar surface area (TPSA) is 32.3 Å². The molecule has 126 valence electrons. The van der Waals surface area contributed by atoms with Crippen LogP contribution in [0.1, 0.15) is 36.9 Å². The van der Waals surface area contributed by atoms with Crippen molar-refractivity contribution < 1.29 is 18.0 Å². The lowest BCUT2D eigenvalue weighted by molar-refractivity contribution is -0.200. The Labute approximate surface area is 133 Å². The van der Waals surface area contributed by atoms with Crippen LogP contribution in [0, 0.1) is 12.3 Å². The Bertz CT molecular complexity index is 593. The molecule has 0 aromatic heterocycles. The average molecular weight is 326 g/mol. The lowest BCUT2D eigenvalue weighted by atomic mass is 9.97. The number of rotatable bonds is 2. The van der Waals surface area contributed by atoms with Gasteiger partial charge in [-0.15, -0.1) is 0 Å². The molecular formula is C17H21F3N2O. The highest BCUT2D eigenvalue weighted by Gasteiger charge is 2.69. The smallest absolute Gasteiger partial charge is 0.336 e. The summed E-state index contributed by atoms with van der Waals surface area (Å²) in [6.45, 7) is 4.55. The van der Waals surface area contributed by atoms with Gasteiger partial charge < -0.3 is 10.2 Å². The number of hydrogen-bond acceptors (Lipinski definition) is 2. The standard InChI is InChI=1S/C17H21F3N2O/c1-11-3-5-13(6-4-11)14-10-22(12(2)9-21-14)15(23)16(7-8-16)17(18,19)20/h3-6,12,14,21H,7-10H2,1-2H3/t12-,14?/m1/s1. The van der Waals surface area contributed by atoms with Crippen molar-refractivity contribution in [1.29, 1.82) is 0 Å². The van der Waals surface area contributed by atoms with E-state index in [9.17, 15) is 18.0 Å². The predicted octanol–water partition coefficient (Wildman–Crippen LogP) is 3.20. The molecule has 2 fully saturated rings. The first kappa shape index (κ1) is 16.3. The second-order valence-corrected chi connectivity index (χ2v) is 6.76. The molecule has 1 saturated heterocycles. The number of nitrogens with zero attached hydrogens (tertiary/aromatic N) is 1. The van der Waals surface area contributed by atoms with Crippen molar-refractivity contribution in [3.8, 4) is 0 Å². The summed E-state index contributed by atoms with van der Waals surface area (Å²) in [6, 6.07) is 7.51. The lowest BCUT2D eigenvalue weighted by Gasteiger charge is -2.41. The van der Waals surface area contributed by atoms with Gasteiger partial charge in [0, 0.05) is 25.2 Å². The predicted molar refractivity (Wildman–Crippen MR) is 80.8 cm³/mol. The van der Waals surface area contributed by atoms with Crippen molar-refractivity contribution in [2.45, 2.75) is 44.9 Å². The summed E-state index contributed by atoms with van der Waals surface area (Å²) in [5.74, 6) is -0.754. The SMILES string of the molecule is Cc1ccc(C2CN(C(=O)C3(C(F)(F)F)CC3)[C@H](C)CN2)cc1. The van der Waals surface area contributed by atoms with Crippen LogP contribution in [0.2, 0.25) is 0 Å². The van der Waals surface area contributed by atoms with Crippen molar-refractivity contribution in [1.82, 2.24) is 10.2 Å². The number of halogens is 3. The minimum atomic E-state index is -4.45. The van der Waals surface area contributed by atoms with Crippen LogP contribution in [-0.4, -0.2) is 36.1 Å². The van der Waals surface area contributed by atoms with Crippen LogP contribution in [0.4, 0.5) is 13.2 Å². The number of nitrogens with one attached hydrogen (secondary N) is 1. The maximum absolute atomic E-state index is 13.2. The molecule has 0 radical (unpaired) electrons. The fourth-order valence-electron chi connectivity index (χ4n) is 3.19. The molecule has 1 heterocycles. The molecule has 1 aromatic carbocycles. The van der Waals surface area contributed by atoms with E-state index in [4.69, 9.17) is 0 Å². The van der Waals surface area contributed by atoms with Gasteiger partial charge in [-0.1, -0.05) is 29.8 Å². The third-order valence-electron chi connectivity index (χ3n) is 5.01. The number of benzene rings is 1. The minimum absolute atomic E-state index is 0.0822. The number of piperazine rings is 1. The summed E-state index contributed by atoms with van der Waals surface area (Å²) >= 11 is 0. The molecule has 1 unspecified atom stereocenters. The van der Waals surface area contributed by atoms with Crippen LogP contribution in [0.3, 0.4) is 0 Å². The molecule has 1 saturated carbocycles. The van der Waals surface area contributed by atoms with Gasteiger partial charge in [0.25, 0.3) is 0 Å². The van der Waals surface area contributed by atoms with Crippen molar-refractivity contribution in [2.75, 3.05) is 13.1 Å². The van der Waals surface area contributed by atoms with Gasteiger partial charge in [-0.05, 0) is 32.3 Å². The van der Waals surface area contributed by atoms with Crippen molar-refractivity contribution >= 4 is 5.91 Å². The number of amides is 1. The van der Waals surface area contributed by atoms with E-state index in [0.29, 0.717) is 6.54 Å². The van der Waals surface area contributed by atoms with Gasteiger partial charge >= 0.3 is 6.18 Å². The minimum Gasteiger partial charge on any atom is -0.336 e. The first-order chi connectivity index (χ1) is 10.7. The normalized spacial score (nSPS) is 26.9. The highest BCUT2D eigenvalue weighted by atomic mass is 19.4. The third kappa shape index (κ3) is 2.84. The molecule has 3 rings (SSSR count). The highest BCUT2D eigenvalue weighted by molar-refractivity contribution is 5.86. The fraction of sp³-hybridized carbons (Fsp3) is 0.588. The zero-order valence-electron chi connectivity index (χ0n) is 13.3. The van der Waals surface area contributed by atoms with Crippen LogP contribution < -0.4 is 5.32 Å². The maximum Gasteiger partial charge on any atom is 0.403 e. The van der Waals surface area contributed by atoms with Crippen molar-refractivity contribution in [3.05, 3.63) is 35.4 Å². The summed E-state index contributed by atoms with van der Waals surface area (Å²) in [5, 5.41) is 3.32. The maximum atomic E-state index is 13.2. The van der Waals surface area contributed by atoms with Gasteiger partial charge in [0.05, 0.1) is 0 Å². The van der Waals surface area contributed by atoms with Gasteiger partial charge in [-0.2, -0.15) is 13.2 Å². The first-order valence-electron chi connectivity index (χ1n) is 7.92. The van der Waals surface area contributed by atoms with E-state index in [0.717, 1.165) is 11.1 Å². The quantitative estimate of drug-likeness (QED) is 0.905. The van der Waals surface area contributed by atoms with E-state index in [2.05, 4.69) is 5.32 Å². The van der Waals surface area contributed by atoms with Crippen LogP contribution in [0.15, 0.2) is 24.3 Å². The number of aryl methyl sites for hydroxylation is 1. The van der Waals surface area contributed by atoms with Crippen LogP contribution in [0.25, 0.3) is 0 Å². The molecule has 23 heavy (non-hydrogen) atoms. The molecule has 6 heteroatoms. The highest BCUT2D eigenvalue weighted by Crippen LogP contribution is 2.59. The van der Waals surface area contributed by atoms with Crippen LogP contribution >= 0.6 is 0 Å². The van der Waals surface area contributed by atoms with Crippen LogP contribution in [-0.2, 0) is 4.79 Å². The van der Waals surface area contributed by atoms with E-state index >= 15 is 0 Å². The Hall–Kier alpha value is -1.56. The molecule has 1 amide bonds. The number of carbonyl (C=O) groups excluding carboxylic acids is 1. The molecule has 1 N–H and O–H groups in total. The van der Waals surface area contributed by atoms with E-state index in [-0.39, 0.29) is 31.5 Å². The Morgan fingerprint density at radius 2 is 1.87 bits per heavy atom. The van der Waals surface area contributed by atoms with Gasteiger partial charge in [0.2, 0.25) is 5.91 Å². The van der Waals surface area contributed by atoms with E-state index in [1.165, 1.54) is 4.90 Å². The molecule has 1 aromatic rings. The van der Waals surface area contributed by atoms with Gasteiger partial charge in [0.15, 0.2) is 0 Å². The first-order valence-corrected chi connectivity index (χ1v) is 7.92. The fourth-order valence-corrected chi connectivity index (χ4v) is 3.19. The molecule has 0 spiro atoms. The monoisotopic (exact) mass is 326 g/mol. The Morgan fingerprint density at radius 3 is 2.39 bits per heavy atom. The summed E-state index contributed by atoms with van der Waals surface area (Å²) in [6.07, 6.45) is -4.61. The van der Waals surface area contributed by atoms with Gasteiger partial charge in [-0.3, -0.25) is 4.79 Å². The molecule has 2 atom stereocenters. The van der Waals surface area contributed by atoms with Crippen molar-refractivity contribution in [3.63, 3.8) is 0 Å². The molecule has 1 aliphatic heterocycles. The van der Waals surface area contributed by atoms with Crippen molar-refractivity contribution in [2.24, 2.45) is 5.41 Å². The largest absolute Gasteiger partial charge is 0.403 e. The molecule has 1 aliphatic carbocycles. The molecule has 2 aliphatic rings. The summed E-state index contributed by atoms with van der Waals surface area (Å²) in [5.41, 5.74) is -0.00630. The van der Waals surface area contributed by atoms with Crippen LogP contribution in [0.5, 0.6) is 0 Å². The number of carbonyl (C=O) groups is 1. The zero-order valence-corrected chi connectivity index (χ0v) is 13.3. The summed E-state index contributed by atoms with van der Waals surface area (Å²) in [7, 11) is 0. The third-order valence-corrected chi connectivity index (χ3v) is 5.01. The van der Waals surface area contributed by atoms with E-state index in [1.807, 2.05) is 31.2 Å². The summed E-state index contributed by atoms with van der Waals surface area (Å²) < 4.78 is 39.7. The number of alkyl halides is 3. The number of hydrogen-bond donors (Lipinski definition) is 1. The van der Waals surface area contributed by atoms with E-state index in [1.54, 1.807) is 6.92 Å². The Morgan fingerprint density at radius 1 is 1.26 bits per heavy atom. The van der Waals surface area contributed by atoms with Gasteiger partial charge in [-0.25, -0.2) is 0 Å². The van der Waals surface area contributed by atoms with E-state index < -0.39 is 17.5 Å². The molecule has 0 bridgehead atoms.